The van der Waals surface area contributed by atoms with Crippen LogP contribution in [0.3, 0.4) is 0 Å². The van der Waals surface area contributed by atoms with Crippen molar-refractivity contribution in [3.63, 3.8) is 0 Å². The highest BCUT2D eigenvalue weighted by Gasteiger charge is 2.35. The third-order valence-corrected chi connectivity index (χ3v) is 10.00. The van der Waals surface area contributed by atoms with Crippen molar-refractivity contribution in [1.29, 1.82) is 0 Å². The zero-order valence-corrected chi connectivity index (χ0v) is 18.9. The van der Waals surface area contributed by atoms with Crippen LogP contribution in [0.4, 0.5) is 0 Å². The second-order valence-electron chi connectivity index (χ2n) is 8.11. The predicted octanol–water partition coefficient (Wildman–Crippen LogP) is 3.12. The van der Waals surface area contributed by atoms with Crippen molar-refractivity contribution in [2.75, 3.05) is 19.6 Å². The van der Waals surface area contributed by atoms with Crippen LogP contribution in [-0.4, -0.2) is 49.6 Å². The minimum Gasteiger partial charge on any atom is -0.353 e. The Morgan fingerprint density at radius 3 is 1.97 bits per heavy atom. The average molecular weight is 452 g/mol. The molecule has 0 aliphatic carbocycles. The van der Waals surface area contributed by atoms with E-state index in [0.717, 1.165) is 44.2 Å². The van der Waals surface area contributed by atoms with Gasteiger partial charge >= 0.3 is 0 Å². The molecule has 0 unspecified atom stereocenters. The maximum absolute atomic E-state index is 13.5. The fraction of sp³-hybridized carbons (Fsp3) is 0.524. The van der Waals surface area contributed by atoms with E-state index in [0.29, 0.717) is 19.6 Å². The Balaban J connectivity index is 1.65. The minimum atomic E-state index is -3.75. The van der Waals surface area contributed by atoms with E-state index in [1.165, 1.54) is 28.6 Å². The van der Waals surface area contributed by atoms with E-state index >= 15 is 0 Å². The molecule has 0 N–H and O–H groups in total. The van der Waals surface area contributed by atoms with Gasteiger partial charge < -0.3 is 4.57 Å². The first-order valence-electron chi connectivity index (χ1n) is 10.5. The van der Waals surface area contributed by atoms with Crippen molar-refractivity contribution in [2.45, 2.75) is 54.4 Å². The summed E-state index contributed by atoms with van der Waals surface area (Å²) in [4.78, 5) is 0.294. The minimum absolute atomic E-state index is 0.143. The third kappa shape index (κ3) is 3.95. The molecule has 3 heterocycles. The topological polar surface area (TPSA) is 79.7 Å². The van der Waals surface area contributed by atoms with Crippen LogP contribution < -0.4 is 0 Å². The molecule has 0 spiro atoms. The van der Waals surface area contributed by atoms with Gasteiger partial charge in [-0.3, -0.25) is 0 Å². The second-order valence-corrected chi connectivity index (χ2v) is 11.9. The van der Waals surface area contributed by atoms with E-state index in [1.54, 1.807) is 4.31 Å². The average Bonchev–Trinajstić information content (AvgIpc) is 3.35. The summed E-state index contributed by atoms with van der Waals surface area (Å²) in [6.07, 6.45) is 7.24. The number of aryl methyl sites for hydroxylation is 1. The van der Waals surface area contributed by atoms with Gasteiger partial charge in [-0.25, -0.2) is 16.8 Å². The first-order chi connectivity index (χ1) is 14.3. The van der Waals surface area contributed by atoms with Crippen LogP contribution in [0.5, 0.6) is 0 Å². The molecule has 7 nitrogen and oxygen atoms in total. The lowest BCUT2D eigenvalue weighted by molar-refractivity contribution is 0.318. The Morgan fingerprint density at radius 1 is 0.767 bits per heavy atom. The second kappa shape index (κ2) is 8.45. The molecule has 4 rings (SSSR count). The van der Waals surface area contributed by atoms with Gasteiger partial charge in [-0.1, -0.05) is 12.8 Å². The van der Waals surface area contributed by atoms with E-state index in [-0.39, 0.29) is 15.8 Å². The molecule has 2 saturated heterocycles. The molecule has 1 atom stereocenters. The van der Waals surface area contributed by atoms with Crippen molar-refractivity contribution in [2.24, 2.45) is 7.05 Å². The molecular formula is C21H29N3O4S2. The van der Waals surface area contributed by atoms with Crippen molar-refractivity contribution in [3.8, 4) is 0 Å². The summed E-state index contributed by atoms with van der Waals surface area (Å²) in [5.74, 6) is 0. The van der Waals surface area contributed by atoms with Gasteiger partial charge in [0, 0.05) is 38.6 Å². The molecule has 2 fully saturated rings. The summed E-state index contributed by atoms with van der Waals surface area (Å²) in [5.41, 5.74) is 0.980. The summed E-state index contributed by atoms with van der Waals surface area (Å²) in [7, 11) is -5.38. The molecule has 9 heteroatoms. The number of rotatable bonds is 5. The van der Waals surface area contributed by atoms with Gasteiger partial charge in [-0.05, 0) is 62.1 Å². The van der Waals surface area contributed by atoms with Crippen LogP contribution in [0.25, 0.3) is 0 Å². The fourth-order valence-electron chi connectivity index (χ4n) is 4.48. The third-order valence-electron chi connectivity index (χ3n) is 6.16. The molecule has 1 aromatic heterocycles. The summed E-state index contributed by atoms with van der Waals surface area (Å²) in [6, 6.07) is 9.42. The molecular weight excluding hydrogens is 422 g/mol. The highest BCUT2D eigenvalue weighted by Crippen LogP contribution is 2.35. The number of nitrogens with zero attached hydrogens (tertiary/aromatic N) is 3. The Morgan fingerprint density at radius 2 is 1.37 bits per heavy atom. The Labute approximate surface area is 179 Å². The van der Waals surface area contributed by atoms with Gasteiger partial charge in [0.15, 0.2) is 0 Å². The van der Waals surface area contributed by atoms with Crippen LogP contribution in [-0.2, 0) is 27.1 Å². The lowest BCUT2D eigenvalue weighted by Crippen LogP contribution is -2.35. The van der Waals surface area contributed by atoms with Crippen LogP contribution in [0.15, 0.2) is 52.4 Å². The molecule has 30 heavy (non-hydrogen) atoms. The summed E-state index contributed by atoms with van der Waals surface area (Å²) >= 11 is 0. The standard InChI is InChI=1S/C21H29N3O4S2/c1-22-14-7-9-20(22)21-8-3-2-4-17-24(21)30(27,28)19-12-10-18(11-13-19)29(25,26)23-15-5-6-16-23/h7,9-14,21H,2-6,8,15-17H2,1H3/t21-/m0/s1. The molecule has 1 aromatic carbocycles. The van der Waals surface area contributed by atoms with Crippen molar-refractivity contribution < 1.29 is 16.8 Å². The predicted molar refractivity (Wildman–Crippen MR) is 115 cm³/mol. The molecule has 0 bridgehead atoms. The van der Waals surface area contributed by atoms with Gasteiger partial charge in [0.05, 0.1) is 15.8 Å². The number of benzene rings is 1. The Bertz CT molecular complexity index is 1090. The Hall–Kier alpha value is -1.68. The number of hydrogen-bond donors (Lipinski definition) is 0. The maximum Gasteiger partial charge on any atom is 0.243 e. The van der Waals surface area contributed by atoms with Gasteiger partial charge in [0.25, 0.3) is 0 Å². The first-order valence-corrected chi connectivity index (χ1v) is 13.4. The van der Waals surface area contributed by atoms with Gasteiger partial charge in [0.1, 0.15) is 0 Å². The molecule has 2 aromatic rings. The smallest absolute Gasteiger partial charge is 0.243 e. The summed E-state index contributed by atoms with van der Waals surface area (Å²) in [5, 5.41) is 0. The molecule has 0 saturated carbocycles. The monoisotopic (exact) mass is 451 g/mol. The molecule has 164 valence electrons. The van der Waals surface area contributed by atoms with Crippen molar-refractivity contribution in [3.05, 3.63) is 48.3 Å². The molecule has 0 amide bonds. The van der Waals surface area contributed by atoms with Crippen molar-refractivity contribution >= 4 is 20.0 Å². The van der Waals surface area contributed by atoms with E-state index in [9.17, 15) is 16.8 Å². The zero-order chi connectivity index (χ0) is 21.4. The van der Waals surface area contributed by atoms with E-state index in [1.807, 2.05) is 29.9 Å². The molecule has 2 aliphatic heterocycles. The van der Waals surface area contributed by atoms with E-state index in [4.69, 9.17) is 0 Å². The fourth-order valence-corrected chi connectivity index (χ4v) is 7.67. The lowest BCUT2D eigenvalue weighted by Gasteiger charge is -2.29. The first kappa shape index (κ1) is 21.5. The van der Waals surface area contributed by atoms with E-state index in [2.05, 4.69) is 0 Å². The molecule has 0 radical (unpaired) electrons. The van der Waals surface area contributed by atoms with Gasteiger partial charge in [-0.2, -0.15) is 8.61 Å². The highest BCUT2D eigenvalue weighted by molar-refractivity contribution is 7.89. The molecule has 2 aliphatic rings. The number of aromatic nitrogens is 1. The summed E-state index contributed by atoms with van der Waals surface area (Å²) < 4.78 is 57.6. The van der Waals surface area contributed by atoms with Crippen LogP contribution in [0.2, 0.25) is 0 Å². The lowest BCUT2D eigenvalue weighted by atomic mass is 10.1. The van der Waals surface area contributed by atoms with Crippen LogP contribution in [0, 0.1) is 0 Å². The normalized spacial score (nSPS) is 22.2. The van der Waals surface area contributed by atoms with Gasteiger partial charge in [0.2, 0.25) is 20.0 Å². The van der Waals surface area contributed by atoms with Crippen LogP contribution in [0.1, 0.15) is 50.3 Å². The zero-order valence-electron chi connectivity index (χ0n) is 17.3. The summed E-state index contributed by atoms with van der Waals surface area (Å²) in [6.45, 7) is 1.51. The van der Waals surface area contributed by atoms with E-state index < -0.39 is 20.0 Å². The quantitative estimate of drug-likeness (QED) is 0.700. The maximum atomic E-state index is 13.5. The van der Waals surface area contributed by atoms with Crippen LogP contribution >= 0.6 is 0 Å². The van der Waals surface area contributed by atoms with Crippen molar-refractivity contribution in [1.82, 2.24) is 13.2 Å². The Kier molecular flexibility index (Phi) is 6.07. The number of sulfonamides is 2. The largest absolute Gasteiger partial charge is 0.353 e. The highest BCUT2D eigenvalue weighted by atomic mass is 32.2. The number of hydrogen-bond acceptors (Lipinski definition) is 4. The SMILES string of the molecule is Cn1cccc1[C@@H]1CCCCCN1S(=O)(=O)c1ccc(S(=O)(=O)N2CCCC2)cc1. The van der Waals surface area contributed by atoms with Gasteiger partial charge in [-0.15, -0.1) is 0 Å².